The first kappa shape index (κ1) is 30.6. The summed E-state index contributed by atoms with van der Waals surface area (Å²) >= 11 is 1.59. The first-order valence-corrected chi connectivity index (χ1v) is 14.7. The highest BCUT2D eigenvalue weighted by Gasteiger charge is 2.28. The molecule has 1 aromatic heterocycles. The van der Waals surface area contributed by atoms with Gasteiger partial charge in [-0.3, -0.25) is 4.79 Å². The summed E-state index contributed by atoms with van der Waals surface area (Å²) in [4.78, 5) is 17.4. The molecule has 0 saturated carbocycles. The minimum absolute atomic E-state index is 0.0696. The zero-order valence-corrected chi connectivity index (χ0v) is 24.3. The van der Waals surface area contributed by atoms with Gasteiger partial charge in [0.2, 0.25) is 15.9 Å². The van der Waals surface area contributed by atoms with Crippen molar-refractivity contribution in [3.8, 4) is 11.5 Å². The van der Waals surface area contributed by atoms with Gasteiger partial charge in [0, 0.05) is 36.6 Å². The van der Waals surface area contributed by atoms with E-state index in [-0.39, 0.29) is 23.9 Å². The van der Waals surface area contributed by atoms with Gasteiger partial charge in [-0.1, -0.05) is 6.07 Å². The van der Waals surface area contributed by atoms with Crippen LogP contribution in [0.1, 0.15) is 21.7 Å². The molecule has 0 aliphatic heterocycles. The summed E-state index contributed by atoms with van der Waals surface area (Å²) in [5.74, 6) is 0.339. The lowest BCUT2D eigenvalue weighted by Crippen LogP contribution is -2.43. The molecule has 3 aromatic rings. The maximum atomic E-state index is 13.7. The minimum atomic E-state index is -4.04. The standard InChI is InChI=1S/C28H35FN2O6S2/c1-21-6-10-24(38-21)19-30(16-14-22-7-13-26(36-3)27(18-22)37-4)28(32)20-31(15-5-17-35-2)39(33,34)25-11-8-23(29)9-12-25/h6-13,18H,5,14-17,19-20H2,1-4H3. The Morgan fingerprint density at radius 3 is 2.28 bits per heavy atom. The van der Waals surface area contributed by atoms with Gasteiger partial charge in [0.25, 0.3) is 0 Å². The lowest BCUT2D eigenvalue weighted by atomic mass is 10.1. The normalized spacial score (nSPS) is 11.5. The highest BCUT2D eigenvalue weighted by molar-refractivity contribution is 7.89. The van der Waals surface area contributed by atoms with E-state index in [4.69, 9.17) is 14.2 Å². The van der Waals surface area contributed by atoms with E-state index in [0.717, 1.165) is 31.8 Å². The molecule has 0 unspecified atom stereocenters. The van der Waals surface area contributed by atoms with Crippen LogP contribution in [0.2, 0.25) is 0 Å². The summed E-state index contributed by atoms with van der Waals surface area (Å²) in [6.07, 6.45) is 0.935. The molecule has 0 aliphatic rings. The van der Waals surface area contributed by atoms with Gasteiger partial charge < -0.3 is 19.1 Å². The number of rotatable bonds is 15. The van der Waals surface area contributed by atoms with Gasteiger partial charge in [-0.05, 0) is 73.9 Å². The molecule has 0 spiro atoms. The van der Waals surface area contributed by atoms with Crippen molar-refractivity contribution in [1.82, 2.24) is 9.21 Å². The van der Waals surface area contributed by atoms with E-state index in [1.807, 2.05) is 37.3 Å². The van der Waals surface area contributed by atoms with Crippen molar-refractivity contribution < 1.29 is 31.8 Å². The van der Waals surface area contributed by atoms with Crippen molar-refractivity contribution in [3.05, 3.63) is 75.7 Å². The summed E-state index contributed by atoms with van der Waals surface area (Å²) in [6.45, 7) is 2.79. The number of sulfonamides is 1. The summed E-state index contributed by atoms with van der Waals surface area (Å²) in [5.41, 5.74) is 0.948. The molecule has 0 N–H and O–H groups in total. The van der Waals surface area contributed by atoms with Crippen molar-refractivity contribution in [2.45, 2.75) is 31.2 Å². The molecule has 0 atom stereocenters. The Balaban J connectivity index is 1.84. The van der Waals surface area contributed by atoms with Gasteiger partial charge in [-0.25, -0.2) is 12.8 Å². The van der Waals surface area contributed by atoms with Crippen LogP contribution in [0.4, 0.5) is 4.39 Å². The molecule has 212 valence electrons. The molecule has 0 fully saturated rings. The molecular formula is C28H35FN2O6S2. The third-order valence-electron chi connectivity index (χ3n) is 6.13. The average Bonchev–Trinajstić information content (AvgIpc) is 3.34. The molecule has 11 heteroatoms. The Morgan fingerprint density at radius 2 is 1.67 bits per heavy atom. The first-order valence-electron chi connectivity index (χ1n) is 12.5. The van der Waals surface area contributed by atoms with Gasteiger partial charge in [-0.15, -0.1) is 11.3 Å². The van der Waals surface area contributed by atoms with Crippen LogP contribution in [0, 0.1) is 12.7 Å². The summed E-state index contributed by atoms with van der Waals surface area (Å²) in [7, 11) is 0.622. The van der Waals surface area contributed by atoms with Crippen LogP contribution >= 0.6 is 11.3 Å². The van der Waals surface area contributed by atoms with E-state index in [0.29, 0.717) is 44.0 Å². The number of carbonyl (C=O) groups is 1. The second-order valence-electron chi connectivity index (χ2n) is 8.91. The van der Waals surface area contributed by atoms with Gasteiger partial charge >= 0.3 is 0 Å². The van der Waals surface area contributed by atoms with Gasteiger partial charge in [0.05, 0.1) is 32.2 Å². The lowest BCUT2D eigenvalue weighted by Gasteiger charge is -2.27. The number of nitrogens with zero attached hydrogens (tertiary/aromatic N) is 2. The van der Waals surface area contributed by atoms with Crippen molar-refractivity contribution >= 4 is 27.3 Å². The van der Waals surface area contributed by atoms with Gasteiger partial charge in [0.1, 0.15) is 5.82 Å². The number of thiophene rings is 1. The second-order valence-corrected chi connectivity index (χ2v) is 12.2. The van der Waals surface area contributed by atoms with Crippen molar-refractivity contribution in [2.24, 2.45) is 0 Å². The van der Waals surface area contributed by atoms with Crippen LogP contribution in [-0.4, -0.2) is 71.1 Å². The number of benzene rings is 2. The monoisotopic (exact) mass is 578 g/mol. The number of ether oxygens (including phenoxy) is 3. The molecule has 3 rings (SSSR count). The number of carbonyl (C=O) groups excluding carboxylic acids is 1. The smallest absolute Gasteiger partial charge is 0.243 e. The Labute approximate surface area is 234 Å². The quantitative estimate of drug-likeness (QED) is 0.247. The molecule has 1 heterocycles. The van der Waals surface area contributed by atoms with Crippen LogP contribution in [0.25, 0.3) is 0 Å². The molecule has 39 heavy (non-hydrogen) atoms. The molecule has 2 aromatic carbocycles. The Kier molecular flexibility index (Phi) is 11.3. The molecule has 0 aliphatic carbocycles. The maximum absolute atomic E-state index is 13.7. The van der Waals surface area contributed by atoms with Crippen molar-refractivity contribution in [2.75, 3.05) is 47.6 Å². The van der Waals surface area contributed by atoms with Crippen LogP contribution in [-0.2, 0) is 32.5 Å². The van der Waals surface area contributed by atoms with E-state index in [1.54, 1.807) is 30.5 Å². The van der Waals surface area contributed by atoms with Crippen LogP contribution in [0.3, 0.4) is 0 Å². The van der Waals surface area contributed by atoms with E-state index in [9.17, 15) is 17.6 Å². The van der Waals surface area contributed by atoms with Crippen molar-refractivity contribution in [3.63, 3.8) is 0 Å². The number of aryl methyl sites for hydroxylation is 1. The topological polar surface area (TPSA) is 85.4 Å². The van der Waals surface area contributed by atoms with Crippen molar-refractivity contribution in [1.29, 1.82) is 0 Å². The molecule has 1 amide bonds. The summed E-state index contributed by atoms with van der Waals surface area (Å²) in [5, 5.41) is 0. The van der Waals surface area contributed by atoms with Crippen LogP contribution in [0.15, 0.2) is 59.5 Å². The van der Waals surface area contributed by atoms with E-state index in [2.05, 4.69) is 0 Å². The summed E-state index contributed by atoms with van der Waals surface area (Å²) in [6, 6.07) is 14.2. The fraction of sp³-hybridized carbons (Fsp3) is 0.393. The first-order chi connectivity index (χ1) is 18.7. The van der Waals surface area contributed by atoms with E-state index in [1.165, 1.54) is 19.2 Å². The van der Waals surface area contributed by atoms with Crippen LogP contribution in [0.5, 0.6) is 11.5 Å². The average molecular weight is 579 g/mol. The molecule has 0 radical (unpaired) electrons. The number of hydrogen-bond acceptors (Lipinski definition) is 7. The van der Waals surface area contributed by atoms with E-state index >= 15 is 0 Å². The van der Waals surface area contributed by atoms with Gasteiger partial charge in [-0.2, -0.15) is 4.31 Å². The third kappa shape index (κ3) is 8.50. The Hall–Kier alpha value is -2.99. The van der Waals surface area contributed by atoms with E-state index < -0.39 is 15.8 Å². The fourth-order valence-electron chi connectivity index (χ4n) is 4.03. The highest BCUT2D eigenvalue weighted by atomic mass is 32.2. The third-order valence-corrected chi connectivity index (χ3v) is 8.98. The minimum Gasteiger partial charge on any atom is -0.493 e. The molecule has 8 nitrogen and oxygen atoms in total. The van der Waals surface area contributed by atoms with Crippen LogP contribution < -0.4 is 9.47 Å². The maximum Gasteiger partial charge on any atom is 0.243 e. The number of halogens is 1. The molecule has 0 saturated heterocycles. The Bertz CT molecular complexity index is 1330. The second kappa shape index (κ2) is 14.4. The number of hydrogen-bond donors (Lipinski definition) is 0. The zero-order chi connectivity index (χ0) is 28.4. The zero-order valence-electron chi connectivity index (χ0n) is 22.7. The SMILES string of the molecule is COCCCN(CC(=O)N(CCc1ccc(OC)c(OC)c1)Cc1ccc(C)s1)S(=O)(=O)c1ccc(F)cc1. The number of amides is 1. The predicted molar refractivity (Wildman–Crippen MR) is 149 cm³/mol. The fourth-order valence-corrected chi connectivity index (χ4v) is 6.36. The Morgan fingerprint density at radius 1 is 0.949 bits per heavy atom. The largest absolute Gasteiger partial charge is 0.493 e. The predicted octanol–water partition coefficient (Wildman–Crippen LogP) is 4.51. The number of methoxy groups -OCH3 is 3. The highest BCUT2D eigenvalue weighted by Crippen LogP contribution is 2.28. The lowest BCUT2D eigenvalue weighted by molar-refractivity contribution is -0.132. The molecule has 0 bridgehead atoms. The van der Waals surface area contributed by atoms with Gasteiger partial charge in [0.15, 0.2) is 11.5 Å². The summed E-state index contributed by atoms with van der Waals surface area (Å²) < 4.78 is 57.3. The molecular weight excluding hydrogens is 543 g/mol.